The maximum Gasteiger partial charge on any atom is 0.183 e. The van der Waals surface area contributed by atoms with E-state index in [9.17, 15) is 0 Å². The minimum atomic E-state index is 0.803. The molecule has 5 heteroatoms. The second kappa shape index (κ2) is 4.74. The van der Waals surface area contributed by atoms with Gasteiger partial charge in [0.2, 0.25) is 0 Å². The van der Waals surface area contributed by atoms with Crippen molar-refractivity contribution in [2.24, 2.45) is 5.92 Å². The number of thioether (sulfide) groups is 1. The van der Waals surface area contributed by atoms with Crippen molar-refractivity contribution in [3.8, 4) is 0 Å². The summed E-state index contributed by atoms with van der Waals surface area (Å²) in [6.07, 6.45) is 1.33. The number of nitrogens with zero attached hydrogens (tertiary/aromatic N) is 1. The molecule has 90 valence electrons. The molecule has 0 aliphatic carbocycles. The molecule has 0 saturated carbocycles. The van der Waals surface area contributed by atoms with E-state index in [1.54, 1.807) is 11.3 Å². The SMILES string of the molecule is Nc1ccc2nc(NCC3CCSC3)sc2c1. The number of hydrogen-bond acceptors (Lipinski definition) is 5. The molecule has 1 aliphatic rings. The van der Waals surface area contributed by atoms with Crippen molar-refractivity contribution < 1.29 is 0 Å². The molecule has 3 N–H and O–H groups in total. The molecule has 1 saturated heterocycles. The number of benzene rings is 1. The number of nitrogen functional groups attached to an aromatic ring is 1. The van der Waals surface area contributed by atoms with Gasteiger partial charge < -0.3 is 11.1 Å². The first-order chi connectivity index (χ1) is 8.31. The van der Waals surface area contributed by atoms with Crippen LogP contribution < -0.4 is 11.1 Å². The Kier molecular flexibility index (Phi) is 3.11. The summed E-state index contributed by atoms with van der Waals surface area (Å²) >= 11 is 3.74. The van der Waals surface area contributed by atoms with Crippen LogP contribution in [-0.4, -0.2) is 23.0 Å². The van der Waals surface area contributed by atoms with E-state index < -0.39 is 0 Å². The van der Waals surface area contributed by atoms with Crippen molar-refractivity contribution in [3.63, 3.8) is 0 Å². The average molecular weight is 265 g/mol. The molecule has 1 aromatic heterocycles. The number of aromatic nitrogens is 1. The topological polar surface area (TPSA) is 50.9 Å². The molecule has 1 aromatic carbocycles. The maximum atomic E-state index is 5.76. The standard InChI is InChI=1S/C12H15N3S2/c13-9-1-2-10-11(5-9)17-12(15-10)14-6-8-3-4-16-7-8/h1-2,5,8H,3-4,6-7,13H2,(H,14,15). The van der Waals surface area contributed by atoms with Crippen molar-refractivity contribution >= 4 is 44.1 Å². The lowest BCUT2D eigenvalue weighted by molar-refractivity contribution is 0.631. The number of nitrogens with two attached hydrogens (primary N) is 1. The predicted octanol–water partition coefficient (Wildman–Crippen LogP) is 3.04. The van der Waals surface area contributed by atoms with Crippen LogP contribution in [0.1, 0.15) is 6.42 Å². The summed E-state index contributed by atoms with van der Waals surface area (Å²) in [7, 11) is 0. The van der Waals surface area contributed by atoms with Gasteiger partial charge in [-0.25, -0.2) is 4.98 Å². The van der Waals surface area contributed by atoms with E-state index in [1.165, 1.54) is 17.9 Å². The lowest BCUT2D eigenvalue weighted by atomic mass is 10.1. The summed E-state index contributed by atoms with van der Waals surface area (Å²) < 4.78 is 1.16. The number of rotatable bonds is 3. The molecule has 1 atom stereocenters. The number of fused-ring (bicyclic) bond motifs is 1. The zero-order chi connectivity index (χ0) is 11.7. The number of anilines is 2. The highest BCUT2D eigenvalue weighted by atomic mass is 32.2. The van der Waals surface area contributed by atoms with Crippen LogP contribution in [0.15, 0.2) is 18.2 Å². The highest BCUT2D eigenvalue weighted by molar-refractivity contribution is 7.99. The van der Waals surface area contributed by atoms with Gasteiger partial charge in [0, 0.05) is 12.2 Å². The molecule has 17 heavy (non-hydrogen) atoms. The Morgan fingerprint density at radius 1 is 1.47 bits per heavy atom. The minimum absolute atomic E-state index is 0.803. The molecule has 0 amide bonds. The number of nitrogens with one attached hydrogen (secondary N) is 1. The Morgan fingerprint density at radius 2 is 2.41 bits per heavy atom. The van der Waals surface area contributed by atoms with Gasteiger partial charge in [0.1, 0.15) is 0 Å². The Labute approximate surface area is 109 Å². The summed E-state index contributed by atoms with van der Waals surface area (Å²) in [5, 5.41) is 4.46. The van der Waals surface area contributed by atoms with Gasteiger partial charge in [0.25, 0.3) is 0 Å². The van der Waals surface area contributed by atoms with Crippen LogP contribution in [0.5, 0.6) is 0 Å². The van der Waals surface area contributed by atoms with Gasteiger partial charge in [-0.2, -0.15) is 11.8 Å². The van der Waals surface area contributed by atoms with Crippen LogP contribution in [0.2, 0.25) is 0 Å². The molecule has 0 spiro atoms. The first-order valence-corrected chi connectivity index (χ1v) is 7.76. The lowest BCUT2D eigenvalue weighted by Gasteiger charge is -2.07. The monoisotopic (exact) mass is 265 g/mol. The second-order valence-electron chi connectivity index (χ2n) is 4.36. The van der Waals surface area contributed by atoms with Crippen LogP contribution in [0.25, 0.3) is 10.2 Å². The molecule has 3 nitrogen and oxygen atoms in total. The summed E-state index contributed by atoms with van der Waals surface area (Å²) in [6.45, 7) is 1.04. The maximum absolute atomic E-state index is 5.76. The third kappa shape index (κ3) is 2.50. The highest BCUT2D eigenvalue weighted by Crippen LogP contribution is 2.29. The quantitative estimate of drug-likeness (QED) is 0.838. The van der Waals surface area contributed by atoms with Gasteiger partial charge in [-0.05, 0) is 42.0 Å². The molecule has 1 aliphatic heterocycles. The Balaban J connectivity index is 1.72. The van der Waals surface area contributed by atoms with Crippen LogP contribution in [-0.2, 0) is 0 Å². The van der Waals surface area contributed by atoms with Crippen LogP contribution >= 0.6 is 23.1 Å². The molecule has 2 aromatic rings. The van der Waals surface area contributed by atoms with Crippen LogP contribution in [0.4, 0.5) is 10.8 Å². The molecular formula is C12H15N3S2. The first-order valence-electron chi connectivity index (χ1n) is 5.79. The fourth-order valence-corrected chi connectivity index (χ4v) is 4.20. The van der Waals surface area contributed by atoms with Crippen LogP contribution in [0.3, 0.4) is 0 Å². The van der Waals surface area contributed by atoms with Crippen molar-refractivity contribution in [1.29, 1.82) is 0 Å². The first kappa shape index (κ1) is 11.2. The molecule has 0 bridgehead atoms. The number of hydrogen-bond donors (Lipinski definition) is 2. The van der Waals surface area contributed by atoms with Gasteiger partial charge in [0.05, 0.1) is 10.2 Å². The number of thiazole rings is 1. The molecule has 2 heterocycles. The van der Waals surface area contributed by atoms with Gasteiger partial charge in [-0.1, -0.05) is 11.3 Å². The summed E-state index contributed by atoms with van der Waals surface area (Å²) in [4.78, 5) is 4.56. The van der Waals surface area contributed by atoms with Gasteiger partial charge in [0.15, 0.2) is 5.13 Å². The molecule has 1 fully saturated rings. The summed E-state index contributed by atoms with van der Waals surface area (Å²) in [6, 6.07) is 5.88. The van der Waals surface area contributed by atoms with Crippen LogP contribution in [0, 0.1) is 5.92 Å². The fourth-order valence-electron chi connectivity index (χ4n) is 1.99. The Bertz CT molecular complexity index is 517. The van der Waals surface area contributed by atoms with Crippen molar-refractivity contribution in [3.05, 3.63) is 18.2 Å². The normalized spacial score (nSPS) is 19.9. The second-order valence-corrected chi connectivity index (χ2v) is 6.54. The van der Waals surface area contributed by atoms with Crippen molar-refractivity contribution in [2.75, 3.05) is 29.1 Å². The largest absolute Gasteiger partial charge is 0.399 e. The van der Waals surface area contributed by atoms with Gasteiger partial charge in [-0.15, -0.1) is 0 Å². The summed E-state index contributed by atoms with van der Waals surface area (Å²) in [5.74, 6) is 3.39. The van der Waals surface area contributed by atoms with Crippen molar-refractivity contribution in [2.45, 2.75) is 6.42 Å². The minimum Gasteiger partial charge on any atom is -0.399 e. The fraction of sp³-hybridized carbons (Fsp3) is 0.417. The lowest BCUT2D eigenvalue weighted by Crippen LogP contribution is -2.13. The van der Waals surface area contributed by atoms with E-state index in [0.29, 0.717) is 0 Å². The van der Waals surface area contributed by atoms with Gasteiger partial charge >= 0.3 is 0 Å². The molecule has 0 radical (unpaired) electrons. The zero-order valence-corrected chi connectivity index (χ0v) is 11.1. The van der Waals surface area contributed by atoms with E-state index in [2.05, 4.69) is 22.1 Å². The third-order valence-corrected chi connectivity index (χ3v) is 5.19. The van der Waals surface area contributed by atoms with E-state index in [0.717, 1.165) is 33.5 Å². The van der Waals surface area contributed by atoms with E-state index in [-0.39, 0.29) is 0 Å². The smallest absolute Gasteiger partial charge is 0.183 e. The predicted molar refractivity (Wildman–Crippen MR) is 78.0 cm³/mol. The van der Waals surface area contributed by atoms with Gasteiger partial charge in [-0.3, -0.25) is 0 Å². The molecule has 1 unspecified atom stereocenters. The molecular weight excluding hydrogens is 250 g/mol. The van der Waals surface area contributed by atoms with E-state index in [1.807, 2.05) is 18.2 Å². The highest BCUT2D eigenvalue weighted by Gasteiger charge is 2.15. The third-order valence-electron chi connectivity index (χ3n) is 2.98. The Hall–Kier alpha value is -0.940. The average Bonchev–Trinajstić information content (AvgIpc) is 2.94. The Morgan fingerprint density at radius 3 is 3.24 bits per heavy atom. The summed E-state index contributed by atoms with van der Waals surface area (Å²) in [5.41, 5.74) is 7.60. The molecule has 3 rings (SSSR count). The van der Waals surface area contributed by atoms with E-state index in [4.69, 9.17) is 5.73 Å². The van der Waals surface area contributed by atoms with Crippen molar-refractivity contribution in [1.82, 2.24) is 4.98 Å². The van der Waals surface area contributed by atoms with E-state index >= 15 is 0 Å². The zero-order valence-electron chi connectivity index (χ0n) is 9.48.